The number of likely N-dealkylation sites (N-methyl/N-ethyl adjacent to an activating group) is 1. The number of halogens is 2. The van der Waals surface area contributed by atoms with Gasteiger partial charge in [0, 0.05) is 18.7 Å². The van der Waals surface area contributed by atoms with Crippen molar-refractivity contribution in [2.45, 2.75) is 51.7 Å². The van der Waals surface area contributed by atoms with E-state index in [1.807, 2.05) is 32.2 Å². The first-order valence-electron chi connectivity index (χ1n) is 11.6. The van der Waals surface area contributed by atoms with Crippen molar-refractivity contribution in [2.24, 2.45) is 0 Å². The Morgan fingerprint density at radius 1 is 1.18 bits per heavy atom. The van der Waals surface area contributed by atoms with Crippen LogP contribution in [0.4, 0.5) is 4.39 Å². The van der Waals surface area contributed by atoms with Gasteiger partial charge in [-0.2, -0.15) is 0 Å². The Morgan fingerprint density at radius 3 is 2.62 bits per heavy atom. The second-order valence-corrected chi connectivity index (χ2v) is 9.70. The molecule has 2 aromatic carbocycles. The lowest BCUT2D eigenvalue weighted by Crippen LogP contribution is -2.41. The van der Waals surface area contributed by atoms with E-state index in [2.05, 4.69) is 15.9 Å². The topological polar surface area (TPSA) is 42.0 Å². The summed E-state index contributed by atoms with van der Waals surface area (Å²) in [6, 6.07) is 10.4. The number of carbonyl (C=O) groups excluding carboxylic acids is 1. The van der Waals surface area contributed by atoms with E-state index in [-0.39, 0.29) is 24.4 Å². The maximum absolute atomic E-state index is 14.0. The van der Waals surface area contributed by atoms with E-state index in [0.29, 0.717) is 39.0 Å². The molecule has 1 aliphatic carbocycles. The Labute approximate surface area is 213 Å². The summed E-state index contributed by atoms with van der Waals surface area (Å²) in [5.41, 5.74) is 1.76. The molecular weight excluding hydrogens is 519 g/mol. The fourth-order valence-electron chi connectivity index (χ4n) is 4.44. The summed E-state index contributed by atoms with van der Waals surface area (Å²) in [6.45, 7) is 2.38. The number of benzene rings is 2. The fraction of sp³-hybridized carbons (Fsp3) is 0.385. The normalized spacial score (nSPS) is 18.2. The lowest BCUT2D eigenvalue weighted by atomic mass is 9.94. The number of carbonyl (C=O) groups is 1. The molecule has 180 valence electrons. The van der Waals surface area contributed by atoms with Crippen molar-refractivity contribution in [3.63, 3.8) is 0 Å². The highest BCUT2D eigenvalue weighted by molar-refractivity contribution is 9.10. The number of ether oxygens (including phenoxy) is 2. The molecule has 0 aromatic heterocycles. The highest BCUT2D eigenvalue weighted by Crippen LogP contribution is 2.39. The van der Waals surface area contributed by atoms with Crippen LogP contribution in [0.2, 0.25) is 0 Å². The molecule has 2 aliphatic rings. The van der Waals surface area contributed by atoms with Gasteiger partial charge >= 0.3 is 0 Å². The van der Waals surface area contributed by atoms with Crippen LogP contribution in [0.25, 0.3) is 6.08 Å². The zero-order chi connectivity index (χ0) is 24.2. The van der Waals surface area contributed by atoms with E-state index in [1.165, 1.54) is 12.5 Å². The first kappa shape index (κ1) is 24.7. The maximum Gasteiger partial charge on any atom is 0.277 e. The summed E-state index contributed by atoms with van der Waals surface area (Å²) in [5, 5.41) is 0.553. The highest BCUT2D eigenvalue weighted by atomic mass is 79.9. The lowest BCUT2D eigenvalue weighted by Gasteiger charge is -2.30. The molecule has 4 rings (SSSR count). The highest BCUT2D eigenvalue weighted by Gasteiger charge is 2.40. The van der Waals surface area contributed by atoms with Crippen molar-refractivity contribution in [1.82, 2.24) is 9.80 Å². The Morgan fingerprint density at radius 2 is 1.91 bits per heavy atom. The number of rotatable bonds is 7. The molecule has 8 heteroatoms. The molecule has 1 saturated heterocycles. The van der Waals surface area contributed by atoms with E-state index < -0.39 is 0 Å². The molecule has 0 spiro atoms. The Bertz CT molecular complexity index is 1120. The fourth-order valence-corrected chi connectivity index (χ4v) is 5.34. The number of thiocarbonyl (C=S) groups is 1. The first-order chi connectivity index (χ1) is 16.4. The molecule has 0 atom stereocenters. The van der Waals surface area contributed by atoms with Crippen LogP contribution in [-0.2, 0) is 11.4 Å². The van der Waals surface area contributed by atoms with E-state index in [0.717, 1.165) is 31.2 Å². The van der Waals surface area contributed by atoms with Crippen LogP contribution in [0.15, 0.2) is 46.6 Å². The third-order valence-electron chi connectivity index (χ3n) is 6.20. The van der Waals surface area contributed by atoms with Crippen LogP contribution >= 0.6 is 28.1 Å². The molecule has 34 heavy (non-hydrogen) atoms. The van der Waals surface area contributed by atoms with Crippen LogP contribution < -0.4 is 9.47 Å². The van der Waals surface area contributed by atoms with Crippen molar-refractivity contribution in [3.8, 4) is 11.5 Å². The monoisotopic (exact) mass is 546 g/mol. The number of hydrogen-bond acceptors (Lipinski definition) is 4. The van der Waals surface area contributed by atoms with E-state index in [4.69, 9.17) is 21.7 Å². The SMILES string of the molecule is CCOc1cc(/C=C2/C(=O)N(C3CCCCC3)C(=S)N2C)cc(Br)c1OCc1ccccc1F. The second-order valence-electron chi connectivity index (χ2n) is 8.48. The molecule has 5 nitrogen and oxygen atoms in total. The van der Waals surface area contributed by atoms with Crippen LogP contribution in [0.5, 0.6) is 11.5 Å². The number of amides is 1. The van der Waals surface area contributed by atoms with Gasteiger partial charge in [-0.15, -0.1) is 0 Å². The van der Waals surface area contributed by atoms with Gasteiger partial charge in [-0.25, -0.2) is 4.39 Å². The van der Waals surface area contributed by atoms with Crippen LogP contribution in [0, 0.1) is 5.82 Å². The van der Waals surface area contributed by atoms with Crippen molar-refractivity contribution in [3.05, 3.63) is 63.5 Å². The van der Waals surface area contributed by atoms with E-state index >= 15 is 0 Å². The second kappa shape index (κ2) is 10.9. The largest absolute Gasteiger partial charge is 0.490 e. The van der Waals surface area contributed by atoms with Gasteiger partial charge < -0.3 is 14.4 Å². The van der Waals surface area contributed by atoms with Crippen molar-refractivity contribution >= 4 is 45.2 Å². The van der Waals surface area contributed by atoms with Gasteiger partial charge in [0.25, 0.3) is 5.91 Å². The minimum absolute atomic E-state index is 0.0617. The van der Waals surface area contributed by atoms with Crippen molar-refractivity contribution in [1.29, 1.82) is 0 Å². The molecule has 0 radical (unpaired) electrons. The number of nitrogens with zero attached hydrogens (tertiary/aromatic N) is 2. The third-order valence-corrected chi connectivity index (χ3v) is 7.26. The average molecular weight is 547 g/mol. The van der Waals surface area contributed by atoms with E-state index in [1.54, 1.807) is 28.0 Å². The molecule has 0 bridgehead atoms. The standard InChI is InChI=1S/C26H28BrFN2O3S/c1-3-32-23-15-17(13-20(27)24(23)33-16-18-9-7-8-12-21(18)28)14-22-25(31)30(26(34)29(22)2)19-10-5-4-6-11-19/h7-9,12-15,19H,3-6,10-11,16H2,1-2H3/b22-14-. The first-order valence-corrected chi connectivity index (χ1v) is 12.8. The summed E-state index contributed by atoms with van der Waals surface area (Å²) >= 11 is 9.19. The predicted molar refractivity (Wildman–Crippen MR) is 138 cm³/mol. The predicted octanol–water partition coefficient (Wildman–Crippen LogP) is 6.30. The molecule has 1 saturated carbocycles. The molecule has 0 N–H and O–H groups in total. The van der Waals surface area contributed by atoms with Gasteiger partial charge in [-0.05, 0) is 77.8 Å². The molecule has 1 heterocycles. The molecule has 2 aromatic rings. The van der Waals surface area contributed by atoms with Gasteiger partial charge in [0.1, 0.15) is 18.1 Å². The summed E-state index contributed by atoms with van der Waals surface area (Å²) < 4.78 is 26.4. The summed E-state index contributed by atoms with van der Waals surface area (Å²) in [6.07, 6.45) is 7.26. The smallest absolute Gasteiger partial charge is 0.277 e. The van der Waals surface area contributed by atoms with Crippen molar-refractivity contribution < 1.29 is 18.7 Å². The molecule has 1 aliphatic heterocycles. The summed E-state index contributed by atoms with van der Waals surface area (Å²) in [7, 11) is 1.83. The van der Waals surface area contributed by atoms with Gasteiger partial charge in [-0.1, -0.05) is 37.5 Å². The van der Waals surface area contributed by atoms with E-state index in [9.17, 15) is 9.18 Å². The van der Waals surface area contributed by atoms with Crippen LogP contribution in [-0.4, -0.2) is 40.5 Å². The maximum atomic E-state index is 14.0. The summed E-state index contributed by atoms with van der Waals surface area (Å²) in [4.78, 5) is 16.9. The molecule has 2 fully saturated rings. The number of hydrogen-bond donors (Lipinski definition) is 0. The third kappa shape index (κ3) is 5.13. The quantitative estimate of drug-likeness (QED) is 0.301. The van der Waals surface area contributed by atoms with Crippen molar-refractivity contribution in [2.75, 3.05) is 13.7 Å². The molecular formula is C26H28BrFN2O3S. The minimum atomic E-state index is -0.320. The Kier molecular flexibility index (Phi) is 7.88. The van der Waals surface area contributed by atoms with Crippen LogP contribution in [0.3, 0.4) is 0 Å². The zero-order valence-electron chi connectivity index (χ0n) is 19.4. The summed E-state index contributed by atoms with van der Waals surface area (Å²) in [5.74, 6) is 0.616. The average Bonchev–Trinajstić information content (AvgIpc) is 3.03. The lowest BCUT2D eigenvalue weighted by molar-refractivity contribution is -0.124. The molecule has 0 unspecified atom stereocenters. The minimum Gasteiger partial charge on any atom is -0.490 e. The van der Waals surface area contributed by atoms with Crippen LogP contribution in [0.1, 0.15) is 50.2 Å². The molecule has 1 amide bonds. The van der Waals surface area contributed by atoms with Gasteiger partial charge in [-0.3, -0.25) is 9.69 Å². The Hall–Kier alpha value is -2.45. The van der Waals surface area contributed by atoms with Gasteiger partial charge in [0.05, 0.1) is 11.1 Å². The van der Waals surface area contributed by atoms with Gasteiger partial charge in [0.2, 0.25) is 0 Å². The Balaban J connectivity index is 1.61. The van der Waals surface area contributed by atoms with Gasteiger partial charge in [0.15, 0.2) is 16.6 Å². The zero-order valence-corrected chi connectivity index (χ0v) is 21.8.